The molecule has 0 bridgehead atoms. The molecule has 1 aromatic heterocycles. The first-order chi connectivity index (χ1) is 9.54. The molecule has 1 heterocycles. The van der Waals surface area contributed by atoms with Gasteiger partial charge in [-0.05, 0) is 35.4 Å². The van der Waals surface area contributed by atoms with Crippen molar-refractivity contribution in [1.29, 1.82) is 0 Å². The van der Waals surface area contributed by atoms with Gasteiger partial charge in [0, 0.05) is 10.0 Å². The van der Waals surface area contributed by atoms with Crippen LogP contribution in [0.25, 0.3) is 11.1 Å². The van der Waals surface area contributed by atoms with Gasteiger partial charge in [0.05, 0.1) is 11.6 Å². The Bertz CT molecular complexity index is 839. The maximum atomic E-state index is 11.1. The normalized spacial score (nSPS) is 12.8. The standard InChI is InChI=1S/C14H10Cl2N2O2/c15-8-2-3-9(10(16)6-8)13(17)7-1-4-11-12(5-7)20-14(19)18-11/h1-6,13H,17H2,(H,18,19). The summed E-state index contributed by atoms with van der Waals surface area (Å²) in [6, 6.07) is 10.0. The van der Waals surface area contributed by atoms with Gasteiger partial charge in [-0.3, -0.25) is 4.98 Å². The molecule has 4 nitrogen and oxygen atoms in total. The van der Waals surface area contributed by atoms with Crippen molar-refractivity contribution in [2.24, 2.45) is 5.73 Å². The SMILES string of the molecule is NC(c1ccc2[nH]c(=O)oc2c1)c1ccc(Cl)cc1Cl. The maximum Gasteiger partial charge on any atom is 0.417 e. The number of aromatic nitrogens is 1. The van der Waals surface area contributed by atoms with E-state index in [0.29, 0.717) is 21.1 Å². The Balaban J connectivity index is 2.06. The summed E-state index contributed by atoms with van der Waals surface area (Å²) in [4.78, 5) is 13.7. The Kier molecular flexibility index (Phi) is 3.30. The van der Waals surface area contributed by atoms with Crippen molar-refractivity contribution in [2.75, 3.05) is 0 Å². The average Bonchev–Trinajstić information content (AvgIpc) is 2.77. The lowest BCUT2D eigenvalue weighted by Gasteiger charge is -2.14. The number of halogens is 2. The fourth-order valence-electron chi connectivity index (χ4n) is 2.09. The molecule has 1 unspecified atom stereocenters. The van der Waals surface area contributed by atoms with Gasteiger partial charge in [0.25, 0.3) is 0 Å². The first kappa shape index (κ1) is 13.2. The Labute approximate surface area is 124 Å². The lowest BCUT2D eigenvalue weighted by Crippen LogP contribution is -2.12. The zero-order valence-corrected chi connectivity index (χ0v) is 11.7. The lowest BCUT2D eigenvalue weighted by atomic mass is 9.99. The molecule has 0 saturated carbocycles. The molecule has 0 aliphatic carbocycles. The zero-order valence-electron chi connectivity index (χ0n) is 10.2. The van der Waals surface area contributed by atoms with E-state index in [0.717, 1.165) is 11.1 Å². The highest BCUT2D eigenvalue weighted by atomic mass is 35.5. The third kappa shape index (κ3) is 2.33. The molecule has 0 radical (unpaired) electrons. The van der Waals surface area contributed by atoms with E-state index in [1.165, 1.54) is 0 Å². The third-order valence-electron chi connectivity index (χ3n) is 3.10. The van der Waals surface area contributed by atoms with E-state index in [2.05, 4.69) is 4.98 Å². The monoisotopic (exact) mass is 308 g/mol. The molecule has 1 atom stereocenters. The minimum atomic E-state index is -0.491. The number of rotatable bonds is 2. The van der Waals surface area contributed by atoms with Crippen LogP contribution in [0.1, 0.15) is 17.2 Å². The highest BCUT2D eigenvalue weighted by Gasteiger charge is 2.14. The van der Waals surface area contributed by atoms with Gasteiger partial charge < -0.3 is 10.2 Å². The maximum absolute atomic E-state index is 11.1. The summed E-state index contributed by atoms with van der Waals surface area (Å²) in [6.45, 7) is 0. The Morgan fingerprint density at radius 3 is 2.70 bits per heavy atom. The van der Waals surface area contributed by atoms with Crippen molar-refractivity contribution in [2.45, 2.75) is 6.04 Å². The van der Waals surface area contributed by atoms with Gasteiger partial charge >= 0.3 is 5.76 Å². The number of benzene rings is 2. The van der Waals surface area contributed by atoms with Crippen LogP contribution in [0.5, 0.6) is 0 Å². The van der Waals surface area contributed by atoms with E-state index in [1.807, 2.05) is 6.07 Å². The minimum Gasteiger partial charge on any atom is -0.408 e. The van der Waals surface area contributed by atoms with E-state index < -0.39 is 11.8 Å². The molecule has 2 aromatic carbocycles. The van der Waals surface area contributed by atoms with Crippen LogP contribution in [0.4, 0.5) is 0 Å². The second-order valence-electron chi connectivity index (χ2n) is 4.41. The van der Waals surface area contributed by atoms with Crippen LogP contribution in [0, 0.1) is 0 Å². The van der Waals surface area contributed by atoms with Crippen molar-refractivity contribution >= 4 is 34.3 Å². The van der Waals surface area contributed by atoms with Crippen molar-refractivity contribution < 1.29 is 4.42 Å². The molecule has 3 aromatic rings. The molecule has 102 valence electrons. The summed E-state index contributed by atoms with van der Waals surface area (Å²) in [7, 11) is 0. The number of nitrogens with two attached hydrogens (primary N) is 1. The van der Waals surface area contributed by atoms with Crippen molar-refractivity contribution in [3.63, 3.8) is 0 Å². The van der Waals surface area contributed by atoms with Crippen LogP contribution in [-0.2, 0) is 0 Å². The zero-order chi connectivity index (χ0) is 14.3. The van der Waals surface area contributed by atoms with Crippen molar-refractivity contribution in [3.05, 3.63) is 68.1 Å². The van der Waals surface area contributed by atoms with Crippen LogP contribution >= 0.6 is 23.2 Å². The highest BCUT2D eigenvalue weighted by molar-refractivity contribution is 6.35. The van der Waals surface area contributed by atoms with Gasteiger partial charge in [-0.25, -0.2) is 4.79 Å². The molecule has 0 aliphatic rings. The summed E-state index contributed by atoms with van der Waals surface area (Å²) >= 11 is 12.0. The van der Waals surface area contributed by atoms with Gasteiger partial charge in [0.1, 0.15) is 0 Å². The number of nitrogens with one attached hydrogen (secondary N) is 1. The molecular formula is C14H10Cl2N2O2. The number of oxazole rings is 1. The topological polar surface area (TPSA) is 72.0 Å². The van der Waals surface area contributed by atoms with E-state index >= 15 is 0 Å². The second kappa shape index (κ2) is 4.98. The van der Waals surface area contributed by atoms with Crippen LogP contribution in [-0.4, -0.2) is 4.98 Å². The molecule has 3 N–H and O–H groups in total. The molecule has 20 heavy (non-hydrogen) atoms. The number of hydrogen-bond acceptors (Lipinski definition) is 3. The summed E-state index contributed by atoms with van der Waals surface area (Å²) in [5, 5.41) is 1.05. The number of fused-ring (bicyclic) bond motifs is 1. The van der Waals surface area contributed by atoms with Crippen molar-refractivity contribution in [3.8, 4) is 0 Å². The Hall–Kier alpha value is -1.75. The second-order valence-corrected chi connectivity index (χ2v) is 5.26. The molecule has 0 spiro atoms. The van der Waals surface area contributed by atoms with Crippen LogP contribution < -0.4 is 11.5 Å². The average molecular weight is 309 g/mol. The highest BCUT2D eigenvalue weighted by Crippen LogP contribution is 2.29. The summed E-state index contributed by atoms with van der Waals surface area (Å²) in [6.07, 6.45) is 0. The predicted molar refractivity (Wildman–Crippen MR) is 79.3 cm³/mol. The minimum absolute atomic E-state index is 0.427. The number of H-pyrrole nitrogens is 1. The fourth-order valence-corrected chi connectivity index (χ4v) is 2.61. The molecule has 0 saturated heterocycles. The Morgan fingerprint density at radius 1 is 1.15 bits per heavy atom. The smallest absolute Gasteiger partial charge is 0.408 e. The van der Waals surface area contributed by atoms with Crippen LogP contribution in [0.3, 0.4) is 0 Å². The molecule has 3 rings (SSSR count). The van der Waals surface area contributed by atoms with E-state index in [1.54, 1.807) is 30.3 Å². The molecule has 0 fully saturated rings. The molecule has 0 amide bonds. The van der Waals surface area contributed by atoms with Gasteiger partial charge in [-0.15, -0.1) is 0 Å². The van der Waals surface area contributed by atoms with E-state index in [-0.39, 0.29) is 0 Å². The molecular weight excluding hydrogens is 299 g/mol. The summed E-state index contributed by atoms with van der Waals surface area (Å²) in [5.74, 6) is -0.491. The third-order valence-corrected chi connectivity index (χ3v) is 3.66. The van der Waals surface area contributed by atoms with Gasteiger partial charge in [-0.2, -0.15) is 0 Å². The predicted octanol–water partition coefficient (Wildman–Crippen LogP) is 3.48. The quantitative estimate of drug-likeness (QED) is 0.761. The van der Waals surface area contributed by atoms with Gasteiger partial charge in [0.15, 0.2) is 5.58 Å². The molecule has 0 aliphatic heterocycles. The van der Waals surface area contributed by atoms with E-state index in [4.69, 9.17) is 33.4 Å². The largest absolute Gasteiger partial charge is 0.417 e. The van der Waals surface area contributed by atoms with E-state index in [9.17, 15) is 4.79 Å². The fraction of sp³-hybridized carbons (Fsp3) is 0.0714. The van der Waals surface area contributed by atoms with Crippen LogP contribution in [0.15, 0.2) is 45.6 Å². The first-order valence-corrected chi connectivity index (χ1v) is 6.63. The molecule has 6 heteroatoms. The number of hydrogen-bond donors (Lipinski definition) is 2. The summed E-state index contributed by atoms with van der Waals surface area (Å²) < 4.78 is 5.02. The van der Waals surface area contributed by atoms with Gasteiger partial charge in [0.2, 0.25) is 0 Å². The first-order valence-electron chi connectivity index (χ1n) is 5.88. The summed E-state index contributed by atoms with van der Waals surface area (Å²) in [5.41, 5.74) is 8.86. The van der Waals surface area contributed by atoms with Crippen molar-refractivity contribution in [1.82, 2.24) is 4.98 Å². The van der Waals surface area contributed by atoms with Gasteiger partial charge in [-0.1, -0.05) is 35.3 Å². The Morgan fingerprint density at radius 2 is 1.95 bits per heavy atom. The number of aromatic amines is 1. The van der Waals surface area contributed by atoms with Crippen LogP contribution in [0.2, 0.25) is 10.0 Å². The lowest BCUT2D eigenvalue weighted by molar-refractivity contribution is 0.555.